The van der Waals surface area contributed by atoms with Gasteiger partial charge in [0.1, 0.15) is 11.5 Å². The molecule has 0 spiro atoms. The molecule has 0 aliphatic carbocycles. The first kappa shape index (κ1) is 16.8. The highest BCUT2D eigenvalue weighted by Gasteiger charge is 2.15. The molecule has 1 fully saturated rings. The summed E-state index contributed by atoms with van der Waals surface area (Å²) in [5, 5.41) is 3.51. The van der Waals surface area contributed by atoms with Crippen molar-refractivity contribution in [2.75, 3.05) is 19.8 Å². The number of hydrogen-bond acceptors (Lipinski definition) is 4. The second-order valence-corrected chi connectivity index (χ2v) is 5.86. The number of nitrogens with one attached hydrogen (secondary N) is 1. The number of benzene rings is 1. The molecule has 1 aliphatic heterocycles. The maximum atomic E-state index is 11.2. The highest BCUT2D eigenvalue weighted by atomic mass is 16.5. The lowest BCUT2D eigenvalue weighted by molar-refractivity contribution is 0.111. The van der Waals surface area contributed by atoms with Crippen LogP contribution in [0.2, 0.25) is 0 Å². The maximum Gasteiger partial charge on any atom is 0.153 e. The first-order chi connectivity index (χ1) is 10.8. The fourth-order valence-corrected chi connectivity index (χ4v) is 2.82. The average Bonchev–Trinajstić information content (AvgIpc) is 2.56. The minimum absolute atomic E-state index is 0.535. The van der Waals surface area contributed by atoms with Crippen molar-refractivity contribution in [2.45, 2.75) is 52.0 Å². The van der Waals surface area contributed by atoms with Crippen LogP contribution in [0.3, 0.4) is 0 Å². The number of carbonyl (C=O) groups is 1. The number of ether oxygens (including phenoxy) is 2. The molecule has 1 heterocycles. The molecule has 0 bridgehead atoms. The Balaban J connectivity index is 1.98. The van der Waals surface area contributed by atoms with E-state index in [4.69, 9.17) is 9.47 Å². The number of hydrogen-bond donors (Lipinski definition) is 1. The van der Waals surface area contributed by atoms with Crippen LogP contribution in [0.5, 0.6) is 11.5 Å². The van der Waals surface area contributed by atoms with Gasteiger partial charge in [-0.25, -0.2) is 0 Å². The van der Waals surface area contributed by atoms with E-state index in [-0.39, 0.29) is 0 Å². The average molecular weight is 305 g/mol. The minimum atomic E-state index is 0.535. The Morgan fingerprint density at radius 2 is 2.14 bits per heavy atom. The molecule has 0 amide bonds. The Morgan fingerprint density at radius 3 is 2.82 bits per heavy atom. The normalized spacial score (nSPS) is 18.0. The Kier molecular flexibility index (Phi) is 6.72. The minimum Gasteiger partial charge on any atom is -0.493 e. The molecule has 1 saturated heterocycles. The summed E-state index contributed by atoms with van der Waals surface area (Å²) < 4.78 is 11.6. The standard InChI is InChI=1S/C18H27NO3/c1-3-11-21-17-8-7-15(13-20)18(14(17)2)22-12-9-16-6-4-5-10-19-16/h7-8,13,16,19H,3-6,9-12H2,1-2H3. The summed E-state index contributed by atoms with van der Waals surface area (Å²) in [7, 11) is 0. The molecule has 2 rings (SSSR count). The summed E-state index contributed by atoms with van der Waals surface area (Å²) >= 11 is 0. The van der Waals surface area contributed by atoms with Crippen LogP contribution in [-0.2, 0) is 0 Å². The molecule has 22 heavy (non-hydrogen) atoms. The molecule has 1 N–H and O–H groups in total. The van der Waals surface area contributed by atoms with E-state index in [9.17, 15) is 4.79 Å². The van der Waals surface area contributed by atoms with Crippen molar-refractivity contribution < 1.29 is 14.3 Å². The second-order valence-electron chi connectivity index (χ2n) is 5.86. The van der Waals surface area contributed by atoms with Crippen molar-refractivity contribution >= 4 is 6.29 Å². The van der Waals surface area contributed by atoms with Gasteiger partial charge >= 0.3 is 0 Å². The first-order valence-corrected chi connectivity index (χ1v) is 8.34. The molecule has 1 aromatic carbocycles. The van der Waals surface area contributed by atoms with Gasteiger partial charge in [0.05, 0.1) is 18.8 Å². The summed E-state index contributed by atoms with van der Waals surface area (Å²) in [5.74, 6) is 1.47. The van der Waals surface area contributed by atoms with Crippen molar-refractivity contribution in [3.8, 4) is 11.5 Å². The lowest BCUT2D eigenvalue weighted by atomic mass is 10.0. The molecule has 0 aromatic heterocycles. The predicted molar refractivity (Wildman–Crippen MR) is 88.1 cm³/mol. The SMILES string of the molecule is CCCOc1ccc(C=O)c(OCCC2CCCCN2)c1C. The van der Waals surface area contributed by atoms with Gasteiger partial charge in [0.25, 0.3) is 0 Å². The van der Waals surface area contributed by atoms with Crippen LogP contribution in [0.1, 0.15) is 54.9 Å². The molecule has 0 radical (unpaired) electrons. The van der Waals surface area contributed by atoms with Crippen LogP contribution in [0.25, 0.3) is 0 Å². The van der Waals surface area contributed by atoms with Gasteiger partial charge in [-0.2, -0.15) is 0 Å². The first-order valence-electron chi connectivity index (χ1n) is 8.34. The highest BCUT2D eigenvalue weighted by molar-refractivity contribution is 5.81. The van der Waals surface area contributed by atoms with Crippen molar-refractivity contribution in [1.29, 1.82) is 0 Å². The van der Waals surface area contributed by atoms with Crippen LogP contribution in [-0.4, -0.2) is 32.1 Å². The maximum absolute atomic E-state index is 11.2. The van der Waals surface area contributed by atoms with E-state index in [2.05, 4.69) is 12.2 Å². The molecule has 122 valence electrons. The zero-order valence-electron chi connectivity index (χ0n) is 13.7. The van der Waals surface area contributed by atoms with Crippen molar-refractivity contribution in [2.24, 2.45) is 0 Å². The Hall–Kier alpha value is -1.55. The third-order valence-corrected chi connectivity index (χ3v) is 4.10. The van der Waals surface area contributed by atoms with Crippen LogP contribution < -0.4 is 14.8 Å². The fourth-order valence-electron chi connectivity index (χ4n) is 2.82. The lowest BCUT2D eigenvalue weighted by Crippen LogP contribution is -2.35. The topological polar surface area (TPSA) is 47.6 Å². The van der Waals surface area contributed by atoms with E-state index in [1.165, 1.54) is 19.3 Å². The van der Waals surface area contributed by atoms with Gasteiger partial charge in [-0.3, -0.25) is 4.79 Å². The monoisotopic (exact) mass is 305 g/mol. The van der Waals surface area contributed by atoms with Crippen LogP contribution in [0.15, 0.2) is 12.1 Å². The quantitative estimate of drug-likeness (QED) is 0.747. The van der Waals surface area contributed by atoms with Gasteiger partial charge in [0.15, 0.2) is 6.29 Å². The summed E-state index contributed by atoms with van der Waals surface area (Å²) in [6.45, 7) is 6.42. The third kappa shape index (κ3) is 4.47. The van der Waals surface area contributed by atoms with Gasteiger partial charge in [-0.05, 0) is 51.3 Å². The van der Waals surface area contributed by atoms with E-state index in [0.717, 1.165) is 37.0 Å². The number of piperidine rings is 1. The van der Waals surface area contributed by atoms with Crippen molar-refractivity contribution in [3.05, 3.63) is 23.3 Å². The zero-order chi connectivity index (χ0) is 15.8. The molecule has 1 unspecified atom stereocenters. The van der Waals surface area contributed by atoms with Crippen LogP contribution >= 0.6 is 0 Å². The fraction of sp³-hybridized carbons (Fsp3) is 0.611. The van der Waals surface area contributed by atoms with Crippen LogP contribution in [0.4, 0.5) is 0 Å². The molecular formula is C18H27NO3. The summed E-state index contributed by atoms with van der Waals surface area (Å²) in [5.41, 5.74) is 1.51. The smallest absolute Gasteiger partial charge is 0.153 e. The van der Waals surface area contributed by atoms with Gasteiger partial charge in [0, 0.05) is 11.6 Å². The van der Waals surface area contributed by atoms with Gasteiger partial charge in [-0.15, -0.1) is 0 Å². The largest absolute Gasteiger partial charge is 0.493 e. The molecule has 0 saturated carbocycles. The van der Waals surface area contributed by atoms with Gasteiger partial charge < -0.3 is 14.8 Å². The Morgan fingerprint density at radius 1 is 1.27 bits per heavy atom. The predicted octanol–water partition coefficient (Wildman–Crippen LogP) is 3.51. The summed E-state index contributed by atoms with van der Waals surface area (Å²) in [6, 6.07) is 4.16. The second kappa shape index (κ2) is 8.79. The lowest BCUT2D eigenvalue weighted by Gasteiger charge is -2.23. The van der Waals surface area contributed by atoms with E-state index >= 15 is 0 Å². The molecule has 1 atom stereocenters. The van der Waals surface area contributed by atoms with Crippen molar-refractivity contribution in [3.63, 3.8) is 0 Å². The molecule has 1 aromatic rings. The molecular weight excluding hydrogens is 278 g/mol. The third-order valence-electron chi connectivity index (χ3n) is 4.10. The van der Waals surface area contributed by atoms with Gasteiger partial charge in [-0.1, -0.05) is 13.3 Å². The molecule has 1 aliphatic rings. The zero-order valence-corrected chi connectivity index (χ0v) is 13.7. The molecule has 4 heteroatoms. The van der Waals surface area contributed by atoms with E-state index in [0.29, 0.717) is 30.6 Å². The summed E-state index contributed by atoms with van der Waals surface area (Å²) in [4.78, 5) is 11.2. The van der Waals surface area contributed by atoms with E-state index in [1.807, 2.05) is 13.0 Å². The Labute approximate surface area is 133 Å². The number of rotatable bonds is 8. The molecule has 4 nitrogen and oxygen atoms in total. The number of aldehydes is 1. The number of carbonyl (C=O) groups excluding carboxylic acids is 1. The van der Waals surface area contributed by atoms with Gasteiger partial charge in [0.2, 0.25) is 0 Å². The highest BCUT2D eigenvalue weighted by Crippen LogP contribution is 2.31. The summed E-state index contributed by atoms with van der Waals surface area (Å²) in [6.07, 6.45) is 6.54. The van der Waals surface area contributed by atoms with Crippen molar-refractivity contribution in [1.82, 2.24) is 5.32 Å². The van der Waals surface area contributed by atoms with Crippen LogP contribution in [0, 0.1) is 6.92 Å². The Bertz CT molecular complexity index is 481. The van der Waals surface area contributed by atoms with E-state index in [1.54, 1.807) is 6.07 Å². The van der Waals surface area contributed by atoms with E-state index < -0.39 is 0 Å².